The monoisotopic (exact) mass is 335 g/mol. The van der Waals surface area contributed by atoms with E-state index >= 15 is 0 Å². The van der Waals surface area contributed by atoms with Gasteiger partial charge in [-0.1, -0.05) is 89.7 Å². The Balaban J connectivity index is 0.000000620. The normalized spacial score (nSPS) is 12.2. The minimum absolute atomic E-state index is 0.345. The number of aliphatic carboxylic acids is 1. The van der Waals surface area contributed by atoms with E-state index in [-0.39, 0.29) is 0 Å². The van der Waals surface area contributed by atoms with Crippen molar-refractivity contribution in [2.75, 3.05) is 0 Å². The van der Waals surface area contributed by atoms with Crippen LogP contribution in [0.25, 0.3) is 0 Å². The Labute approximate surface area is 148 Å². The summed E-state index contributed by atoms with van der Waals surface area (Å²) in [5.41, 5.74) is 0. The molecular weight excluding hydrogens is 298 g/mol. The van der Waals surface area contributed by atoms with Gasteiger partial charge in [-0.05, 0) is 18.6 Å². The summed E-state index contributed by atoms with van der Waals surface area (Å²) < 4.78 is 0. The van der Waals surface area contributed by atoms with Crippen molar-refractivity contribution >= 4 is 5.97 Å². The summed E-state index contributed by atoms with van der Waals surface area (Å²) in [6.07, 6.45) is 27.4. The lowest BCUT2D eigenvalue weighted by Gasteiger charge is -2.02. The van der Waals surface area contributed by atoms with Crippen molar-refractivity contribution in [3.63, 3.8) is 0 Å². The van der Waals surface area contributed by atoms with Gasteiger partial charge in [0.1, 0.15) is 0 Å². The van der Waals surface area contributed by atoms with Crippen LogP contribution in [0.15, 0.2) is 36.7 Å². The fraction of sp³-hybridized carbons (Fsp3) is 0.667. The molecule has 0 atom stereocenters. The highest BCUT2D eigenvalue weighted by Crippen LogP contribution is 2.12. The maximum Gasteiger partial charge on any atom is 0.303 e. The number of unbranched alkanes of at least 4 members (excludes halogenated alkanes) is 11. The third-order valence-electron chi connectivity index (χ3n) is 3.96. The summed E-state index contributed by atoms with van der Waals surface area (Å²) in [6.45, 7) is 2.25. The highest BCUT2D eigenvalue weighted by molar-refractivity contribution is 5.66. The van der Waals surface area contributed by atoms with Gasteiger partial charge in [0, 0.05) is 18.8 Å². The van der Waals surface area contributed by atoms with Crippen molar-refractivity contribution in [3.8, 4) is 0 Å². The second kappa shape index (κ2) is 19.5. The second-order valence-corrected chi connectivity index (χ2v) is 6.30. The molecule has 0 saturated carbocycles. The van der Waals surface area contributed by atoms with Crippen LogP contribution in [0.4, 0.5) is 0 Å². The summed E-state index contributed by atoms with van der Waals surface area (Å²) in [4.78, 5) is 10.3. The predicted octanol–water partition coefficient (Wildman–Crippen LogP) is 6.34. The van der Waals surface area contributed by atoms with Crippen LogP contribution in [0, 0.1) is 0 Å². The first kappa shape index (κ1) is 22.5. The van der Waals surface area contributed by atoms with Gasteiger partial charge in [-0.3, -0.25) is 4.79 Å². The Hall–Kier alpha value is -1.51. The van der Waals surface area contributed by atoms with Gasteiger partial charge < -0.3 is 10.4 Å². The van der Waals surface area contributed by atoms with Crippen LogP contribution in [0.5, 0.6) is 0 Å². The van der Waals surface area contributed by atoms with Crippen molar-refractivity contribution in [3.05, 3.63) is 36.7 Å². The van der Waals surface area contributed by atoms with Gasteiger partial charge >= 0.3 is 5.97 Å². The van der Waals surface area contributed by atoms with Crippen LogP contribution in [-0.4, -0.2) is 11.1 Å². The predicted molar refractivity (Wildman–Crippen MR) is 104 cm³/mol. The van der Waals surface area contributed by atoms with Crippen LogP contribution in [0.2, 0.25) is 0 Å². The zero-order valence-electron chi connectivity index (χ0n) is 15.5. The van der Waals surface area contributed by atoms with E-state index in [4.69, 9.17) is 5.11 Å². The molecule has 2 N–H and O–H groups in total. The van der Waals surface area contributed by atoms with Crippen molar-refractivity contribution in [1.29, 1.82) is 0 Å². The van der Waals surface area contributed by atoms with Gasteiger partial charge in [-0.25, -0.2) is 0 Å². The van der Waals surface area contributed by atoms with Crippen LogP contribution < -0.4 is 5.32 Å². The SMILES string of the molecule is C1=CC=CNC=C1.CCCCCCCCCCCCCCC(=O)O. The molecule has 0 unspecified atom stereocenters. The first-order valence-corrected chi connectivity index (χ1v) is 9.73. The summed E-state index contributed by atoms with van der Waals surface area (Å²) >= 11 is 0. The second-order valence-electron chi connectivity index (χ2n) is 6.30. The number of nitrogens with one attached hydrogen (secondary N) is 1. The molecule has 3 nitrogen and oxygen atoms in total. The Morgan fingerprint density at radius 3 is 1.54 bits per heavy atom. The molecule has 0 amide bonds. The van der Waals surface area contributed by atoms with Gasteiger partial charge in [0.05, 0.1) is 0 Å². The molecule has 24 heavy (non-hydrogen) atoms. The van der Waals surface area contributed by atoms with E-state index in [1.165, 1.54) is 64.2 Å². The number of hydrogen-bond acceptors (Lipinski definition) is 2. The van der Waals surface area contributed by atoms with Crippen LogP contribution in [0.1, 0.15) is 90.4 Å². The van der Waals surface area contributed by atoms with Gasteiger partial charge in [0.25, 0.3) is 0 Å². The van der Waals surface area contributed by atoms with Crippen molar-refractivity contribution in [1.82, 2.24) is 5.32 Å². The average Bonchev–Trinajstić information content (AvgIpc) is 2.89. The van der Waals surface area contributed by atoms with Crippen molar-refractivity contribution < 1.29 is 9.90 Å². The topological polar surface area (TPSA) is 49.3 Å². The molecule has 0 aromatic carbocycles. The minimum atomic E-state index is -0.655. The van der Waals surface area contributed by atoms with Gasteiger partial charge in [-0.15, -0.1) is 0 Å². The van der Waals surface area contributed by atoms with Crippen LogP contribution in [0.3, 0.4) is 0 Å². The Morgan fingerprint density at radius 2 is 1.12 bits per heavy atom. The summed E-state index contributed by atoms with van der Waals surface area (Å²) in [5, 5.41) is 11.4. The van der Waals surface area contributed by atoms with Gasteiger partial charge in [-0.2, -0.15) is 0 Å². The van der Waals surface area contributed by atoms with E-state index in [0.29, 0.717) is 6.42 Å². The van der Waals surface area contributed by atoms with E-state index in [1.807, 2.05) is 36.7 Å². The molecule has 3 heteroatoms. The van der Waals surface area contributed by atoms with Crippen LogP contribution >= 0.6 is 0 Å². The maximum absolute atomic E-state index is 10.3. The largest absolute Gasteiger partial charge is 0.481 e. The molecule has 0 spiro atoms. The number of carboxylic acids is 1. The molecule has 138 valence electrons. The molecule has 0 saturated heterocycles. The van der Waals surface area contributed by atoms with Gasteiger partial charge in [0.15, 0.2) is 0 Å². The Morgan fingerprint density at radius 1 is 0.708 bits per heavy atom. The lowest BCUT2D eigenvalue weighted by molar-refractivity contribution is -0.137. The van der Waals surface area contributed by atoms with E-state index < -0.39 is 5.97 Å². The molecule has 1 heterocycles. The Kier molecular flexibility index (Phi) is 18.3. The third-order valence-corrected chi connectivity index (χ3v) is 3.96. The highest BCUT2D eigenvalue weighted by Gasteiger charge is 1.96. The van der Waals surface area contributed by atoms with Crippen molar-refractivity contribution in [2.45, 2.75) is 90.4 Å². The summed E-state index contributed by atoms with van der Waals surface area (Å²) in [5.74, 6) is -0.655. The molecule has 1 aliphatic heterocycles. The first-order valence-electron chi connectivity index (χ1n) is 9.73. The maximum atomic E-state index is 10.3. The summed E-state index contributed by atoms with van der Waals surface area (Å²) in [6, 6.07) is 0. The Bertz CT molecular complexity index is 345. The smallest absolute Gasteiger partial charge is 0.303 e. The zero-order chi connectivity index (χ0) is 17.7. The van der Waals surface area contributed by atoms with E-state index in [0.717, 1.165) is 12.8 Å². The molecule has 0 aromatic heterocycles. The van der Waals surface area contributed by atoms with E-state index in [1.54, 1.807) is 0 Å². The lowest BCUT2D eigenvalue weighted by atomic mass is 10.0. The molecular formula is C21H37NO2. The number of carbonyl (C=O) groups is 1. The first-order chi connectivity index (χ1) is 11.8. The molecule has 0 fully saturated rings. The number of hydrogen-bond donors (Lipinski definition) is 2. The third kappa shape index (κ3) is 20.5. The highest BCUT2D eigenvalue weighted by atomic mass is 16.4. The van der Waals surface area contributed by atoms with Gasteiger partial charge in [0.2, 0.25) is 0 Å². The lowest BCUT2D eigenvalue weighted by Crippen LogP contribution is -1.93. The number of rotatable bonds is 13. The van der Waals surface area contributed by atoms with Crippen LogP contribution in [-0.2, 0) is 4.79 Å². The molecule has 0 aliphatic carbocycles. The van der Waals surface area contributed by atoms with Crippen molar-refractivity contribution in [2.24, 2.45) is 0 Å². The van der Waals surface area contributed by atoms with E-state index in [2.05, 4.69) is 12.2 Å². The summed E-state index contributed by atoms with van der Waals surface area (Å²) in [7, 11) is 0. The fourth-order valence-corrected chi connectivity index (χ4v) is 2.52. The fourth-order valence-electron chi connectivity index (χ4n) is 2.52. The number of allylic oxidation sites excluding steroid dienone is 4. The zero-order valence-corrected chi connectivity index (χ0v) is 15.5. The molecule has 0 radical (unpaired) electrons. The quantitative estimate of drug-likeness (QED) is 0.386. The molecule has 1 aliphatic rings. The molecule has 0 bridgehead atoms. The van der Waals surface area contributed by atoms with E-state index in [9.17, 15) is 4.79 Å². The molecule has 1 rings (SSSR count). The average molecular weight is 336 g/mol. The molecule has 0 aromatic rings. The standard InChI is InChI=1S/C15H30O2.C6H7N/c1-2-3-4-5-6-7-8-9-10-11-12-13-14-15(16)17;1-2-4-6-7-5-3-1/h2-14H2,1H3,(H,16,17);1-7H. The number of carboxylic acid groups (broad SMARTS) is 1. The minimum Gasteiger partial charge on any atom is -0.481 e.